The van der Waals surface area contributed by atoms with Crippen molar-refractivity contribution in [3.05, 3.63) is 57.5 Å². The van der Waals surface area contributed by atoms with E-state index in [2.05, 4.69) is 37.2 Å². The summed E-state index contributed by atoms with van der Waals surface area (Å²) in [4.78, 5) is 23.3. The first-order valence-corrected chi connectivity index (χ1v) is 9.95. The zero-order chi connectivity index (χ0) is 18.8. The number of phenols is 1. The number of thioether (sulfide) groups is 2. The molecule has 1 amide bonds. The van der Waals surface area contributed by atoms with E-state index in [1.54, 1.807) is 47.0 Å². The molecule has 26 heavy (non-hydrogen) atoms. The molecule has 2 aliphatic heterocycles. The van der Waals surface area contributed by atoms with Gasteiger partial charge in [0.15, 0.2) is 5.17 Å². The topological polar surface area (TPSA) is 56.1 Å². The van der Waals surface area contributed by atoms with Gasteiger partial charge in [-0.05, 0) is 44.7 Å². The molecule has 0 aliphatic carbocycles. The van der Waals surface area contributed by atoms with Crippen molar-refractivity contribution in [1.82, 2.24) is 9.80 Å². The number of carbonyl (C=O) groups is 1. The second-order valence-electron chi connectivity index (χ2n) is 5.84. The smallest absolute Gasteiger partial charge is 0.269 e. The van der Waals surface area contributed by atoms with Gasteiger partial charge in [-0.25, -0.2) is 4.99 Å². The zero-order valence-electron chi connectivity index (χ0n) is 15.0. The minimum Gasteiger partial charge on any atom is -0.508 e. The first-order chi connectivity index (χ1) is 12.5. The molecule has 0 spiro atoms. The fourth-order valence-electron chi connectivity index (χ4n) is 2.75. The molecule has 1 N–H and O–H groups in total. The maximum Gasteiger partial charge on any atom is 0.269 e. The predicted octanol–water partition coefficient (Wildman–Crippen LogP) is 4.63. The highest BCUT2D eigenvalue weighted by molar-refractivity contribution is 8.19. The number of hydrogen-bond donors (Lipinski definition) is 1. The molecule has 136 valence electrons. The molecule has 0 radical (unpaired) electrons. The van der Waals surface area contributed by atoms with Crippen molar-refractivity contribution < 1.29 is 9.90 Å². The molecule has 1 saturated heterocycles. The summed E-state index contributed by atoms with van der Waals surface area (Å²) in [5.41, 5.74) is 1.79. The summed E-state index contributed by atoms with van der Waals surface area (Å²) in [5, 5.41) is 11.2. The summed E-state index contributed by atoms with van der Waals surface area (Å²) in [6, 6.07) is 6.70. The summed E-state index contributed by atoms with van der Waals surface area (Å²) in [7, 11) is 0. The van der Waals surface area contributed by atoms with Gasteiger partial charge in [0, 0.05) is 29.8 Å². The highest BCUT2D eigenvalue weighted by Gasteiger charge is 2.38. The minimum absolute atomic E-state index is 0.0581. The Kier molecular flexibility index (Phi) is 5.48. The quantitative estimate of drug-likeness (QED) is 0.603. The van der Waals surface area contributed by atoms with Gasteiger partial charge in [-0.1, -0.05) is 23.9 Å². The lowest BCUT2D eigenvalue weighted by Gasteiger charge is -2.20. The normalized spacial score (nSPS) is 22.1. The molecule has 3 rings (SSSR count). The SMILES string of the molecule is C=CCN1C(=O)/C(=C2\SC(C)=C(C)N2CC)SC1=Nc1cccc(O)c1. The molecule has 7 heteroatoms. The molecule has 1 aromatic carbocycles. The Morgan fingerprint density at radius 1 is 1.27 bits per heavy atom. The van der Waals surface area contributed by atoms with Gasteiger partial charge in [-0.15, -0.1) is 6.58 Å². The third-order valence-electron chi connectivity index (χ3n) is 4.15. The maximum absolute atomic E-state index is 13.0. The number of rotatable bonds is 4. The van der Waals surface area contributed by atoms with Crippen LogP contribution in [-0.2, 0) is 4.79 Å². The highest BCUT2D eigenvalue weighted by atomic mass is 32.2. The van der Waals surface area contributed by atoms with Crippen LogP contribution in [0.5, 0.6) is 5.75 Å². The second kappa shape index (κ2) is 7.63. The number of aromatic hydroxyl groups is 1. The summed E-state index contributed by atoms with van der Waals surface area (Å²) in [6.45, 7) is 11.2. The Balaban J connectivity index is 2.02. The number of nitrogens with zero attached hydrogens (tertiary/aromatic N) is 3. The van der Waals surface area contributed by atoms with Crippen molar-refractivity contribution in [2.45, 2.75) is 20.8 Å². The molecule has 1 fully saturated rings. The molecule has 0 aromatic heterocycles. The summed E-state index contributed by atoms with van der Waals surface area (Å²) in [6.07, 6.45) is 1.69. The lowest BCUT2D eigenvalue weighted by atomic mass is 10.3. The van der Waals surface area contributed by atoms with Gasteiger partial charge in [0.25, 0.3) is 5.91 Å². The highest BCUT2D eigenvalue weighted by Crippen LogP contribution is 2.47. The number of phenolic OH excluding ortho intramolecular Hbond substituents is 1. The van der Waals surface area contributed by atoms with Crippen LogP contribution in [-0.4, -0.2) is 39.1 Å². The molecule has 0 atom stereocenters. The van der Waals surface area contributed by atoms with E-state index in [1.165, 1.54) is 22.4 Å². The fourth-order valence-corrected chi connectivity index (χ4v) is 5.10. The number of hydrogen-bond acceptors (Lipinski definition) is 6. The van der Waals surface area contributed by atoms with Crippen LogP contribution in [0.15, 0.2) is 62.4 Å². The number of amides is 1. The number of carbonyl (C=O) groups excluding carboxylic acids is 1. The van der Waals surface area contributed by atoms with Gasteiger partial charge in [-0.3, -0.25) is 9.69 Å². The van der Waals surface area contributed by atoms with Crippen molar-refractivity contribution in [1.29, 1.82) is 0 Å². The molecule has 1 aromatic rings. The third-order valence-corrected chi connectivity index (χ3v) is 6.56. The summed E-state index contributed by atoms with van der Waals surface area (Å²) in [5.74, 6) is 0.0891. The third kappa shape index (κ3) is 3.41. The van der Waals surface area contributed by atoms with Gasteiger partial charge in [-0.2, -0.15) is 0 Å². The first kappa shape index (κ1) is 18.7. The lowest BCUT2D eigenvalue weighted by Crippen LogP contribution is -2.29. The monoisotopic (exact) mass is 387 g/mol. The average Bonchev–Trinajstić information content (AvgIpc) is 3.06. The first-order valence-electron chi connectivity index (χ1n) is 8.31. The Hall–Kier alpha value is -2.12. The Labute approximate surface area is 162 Å². The Morgan fingerprint density at radius 2 is 2.04 bits per heavy atom. The number of benzene rings is 1. The zero-order valence-corrected chi connectivity index (χ0v) is 16.7. The van der Waals surface area contributed by atoms with E-state index in [9.17, 15) is 9.90 Å². The van der Waals surface area contributed by atoms with Crippen molar-refractivity contribution in [2.75, 3.05) is 13.1 Å². The largest absolute Gasteiger partial charge is 0.508 e. The van der Waals surface area contributed by atoms with Crippen LogP contribution < -0.4 is 0 Å². The summed E-state index contributed by atoms with van der Waals surface area (Å²) < 4.78 is 0. The molecule has 0 bridgehead atoms. The van der Waals surface area contributed by atoms with Crippen molar-refractivity contribution in [3.63, 3.8) is 0 Å². The number of amidine groups is 1. The van der Waals surface area contributed by atoms with Gasteiger partial charge in [0.2, 0.25) is 0 Å². The van der Waals surface area contributed by atoms with Crippen molar-refractivity contribution >= 4 is 40.3 Å². The lowest BCUT2D eigenvalue weighted by molar-refractivity contribution is -0.122. The predicted molar refractivity (Wildman–Crippen MR) is 110 cm³/mol. The molecular weight excluding hydrogens is 366 g/mol. The van der Waals surface area contributed by atoms with Gasteiger partial charge in [0.05, 0.1) is 10.7 Å². The number of allylic oxidation sites excluding steroid dienone is 2. The molecule has 0 unspecified atom stereocenters. The van der Waals surface area contributed by atoms with E-state index in [0.29, 0.717) is 22.3 Å². The van der Waals surface area contributed by atoms with Crippen LogP contribution in [0.3, 0.4) is 0 Å². The molecule has 2 heterocycles. The van der Waals surface area contributed by atoms with Crippen LogP contribution in [0.1, 0.15) is 20.8 Å². The fraction of sp³-hybridized carbons (Fsp3) is 0.263. The number of aliphatic imine (C=N–C) groups is 1. The van der Waals surface area contributed by atoms with Crippen LogP contribution in [0.25, 0.3) is 0 Å². The summed E-state index contributed by atoms with van der Waals surface area (Å²) >= 11 is 3.01. The van der Waals surface area contributed by atoms with Gasteiger partial charge in [0.1, 0.15) is 10.7 Å². The van der Waals surface area contributed by atoms with E-state index in [-0.39, 0.29) is 11.7 Å². The van der Waals surface area contributed by atoms with Crippen molar-refractivity contribution in [3.8, 4) is 5.75 Å². The second-order valence-corrected chi connectivity index (χ2v) is 8.02. The van der Waals surface area contributed by atoms with E-state index < -0.39 is 0 Å². The van der Waals surface area contributed by atoms with E-state index in [4.69, 9.17) is 0 Å². The van der Waals surface area contributed by atoms with Crippen LogP contribution >= 0.6 is 23.5 Å². The van der Waals surface area contributed by atoms with E-state index >= 15 is 0 Å². The molecular formula is C19H21N3O2S2. The van der Waals surface area contributed by atoms with Gasteiger partial charge < -0.3 is 10.0 Å². The molecule has 2 aliphatic rings. The van der Waals surface area contributed by atoms with Crippen LogP contribution in [0.2, 0.25) is 0 Å². The van der Waals surface area contributed by atoms with Crippen LogP contribution in [0, 0.1) is 0 Å². The van der Waals surface area contributed by atoms with Crippen LogP contribution in [0.4, 0.5) is 5.69 Å². The standard InChI is InChI=1S/C19H21N3O2S2/c1-5-10-22-17(24)16(18-21(6-2)12(3)13(4)25-18)26-19(22)20-14-8-7-9-15(23)11-14/h5,7-9,11,23H,1,6,10H2,2-4H3/b18-16+,20-19?. The van der Waals surface area contributed by atoms with E-state index in [0.717, 1.165) is 11.6 Å². The molecule has 0 saturated carbocycles. The minimum atomic E-state index is -0.0581. The van der Waals surface area contributed by atoms with E-state index in [1.807, 2.05) is 0 Å². The van der Waals surface area contributed by atoms with Gasteiger partial charge >= 0.3 is 0 Å². The average molecular weight is 388 g/mol. The Morgan fingerprint density at radius 3 is 2.69 bits per heavy atom. The molecule has 5 nitrogen and oxygen atoms in total. The Bertz CT molecular complexity index is 858. The maximum atomic E-state index is 13.0. The van der Waals surface area contributed by atoms with Crippen molar-refractivity contribution in [2.24, 2.45) is 4.99 Å².